The van der Waals surface area contributed by atoms with E-state index in [1.165, 1.54) is 17.0 Å². The third-order valence-corrected chi connectivity index (χ3v) is 4.27. The quantitative estimate of drug-likeness (QED) is 0.586. The molecule has 0 saturated carbocycles. The number of thiazole rings is 1. The minimum absolute atomic E-state index is 0.398. The number of carbonyl (C=O) groups excluding carboxylic acids is 2. The van der Waals surface area contributed by atoms with Gasteiger partial charge in [0.05, 0.1) is 5.57 Å². The van der Waals surface area contributed by atoms with Gasteiger partial charge in [-0.15, -0.1) is 11.3 Å². The van der Waals surface area contributed by atoms with Gasteiger partial charge in [0.2, 0.25) is 0 Å². The first-order chi connectivity index (χ1) is 11.4. The molecule has 2 aliphatic heterocycles. The van der Waals surface area contributed by atoms with Crippen molar-refractivity contribution in [1.82, 2.24) is 9.88 Å². The summed E-state index contributed by atoms with van der Waals surface area (Å²) in [5, 5.41) is 15.3. The zero-order valence-corrected chi connectivity index (χ0v) is 14.6. The van der Waals surface area contributed by atoms with Crippen LogP contribution in [0.3, 0.4) is 0 Å². The maximum Gasteiger partial charge on any atom is 0.368 e. The average molecular weight is 348 g/mol. The maximum absolute atomic E-state index is 11.9. The summed E-state index contributed by atoms with van der Waals surface area (Å²) in [5.74, 6) is -1.48. The Hall–Kier alpha value is -2.48. The Balaban J connectivity index is 0.000000471. The first kappa shape index (κ1) is 17.9. The molecule has 3 rings (SSSR count). The van der Waals surface area contributed by atoms with Crippen LogP contribution in [0.15, 0.2) is 39.7 Å². The molecular weight excluding hydrogens is 330 g/mol. The summed E-state index contributed by atoms with van der Waals surface area (Å²) in [4.78, 5) is 32.0. The SMILES string of the molecule is CC(/C=C1\CCCN1C)=C1C(=O)ON=C1c1nccs1.CC(=O)[O-]. The molecule has 0 bridgehead atoms. The van der Waals surface area contributed by atoms with Crippen molar-refractivity contribution in [3.63, 3.8) is 0 Å². The molecular formula is C16H18N3O4S-. The number of aliphatic carboxylic acids is 1. The van der Waals surface area contributed by atoms with Gasteiger partial charge in [0.1, 0.15) is 5.01 Å². The van der Waals surface area contributed by atoms with Gasteiger partial charge in [0.25, 0.3) is 0 Å². The number of carboxylic acid groups (broad SMARTS) is 1. The molecule has 0 N–H and O–H groups in total. The predicted molar refractivity (Wildman–Crippen MR) is 88.1 cm³/mol. The fourth-order valence-electron chi connectivity index (χ4n) is 2.45. The minimum Gasteiger partial charge on any atom is -0.550 e. The summed E-state index contributed by atoms with van der Waals surface area (Å²) in [5.41, 5.74) is 3.19. The van der Waals surface area contributed by atoms with E-state index in [2.05, 4.69) is 28.2 Å². The minimum atomic E-state index is -1.08. The second kappa shape index (κ2) is 7.87. The molecule has 0 aromatic carbocycles. The number of oxime groups is 1. The van der Waals surface area contributed by atoms with Crippen LogP contribution in [-0.2, 0) is 14.4 Å². The van der Waals surface area contributed by atoms with Gasteiger partial charge in [0, 0.05) is 36.8 Å². The van der Waals surface area contributed by atoms with E-state index in [0.29, 0.717) is 16.3 Å². The number of carbonyl (C=O) groups is 2. The molecule has 7 nitrogen and oxygen atoms in total. The summed E-state index contributed by atoms with van der Waals surface area (Å²) < 4.78 is 0. The van der Waals surface area contributed by atoms with Crippen molar-refractivity contribution in [2.24, 2.45) is 5.16 Å². The van der Waals surface area contributed by atoms with Gasteiger partial charge in [-0.3, -0.25) is 0 Å². The van der Waals surface area contributed by atoms with Crippen LogP contribution in [0.25, 0.3) is 0 Å². The lowest BCUT2D eigenvalue weighted by molar-refractivity contribution is -0.302. The van der Waals surface area contributed by atoms with Crippen LogP contribution in [0, 0.1) is 0 Å². The number of likely N-dealkylation sites (tertiary alicyclic amines) is 1. The highest BCUT2D eigenvalue weighted by Gasteiger charge is 2.30. The van der Waals surface area contributed by atoms with Gasteiger partial charge in [0.15, 0.2) is 5.71 Å². The van der Waals surface area contributed by atoms with Crippen LogP contribution >= 0.6 is 11.3 Å². The highest BCUT2D eigenvalue weighted by molar-refractivity contribution is 7.12. The predicted octanol–water partition coefficient (Wildman–Crippen LogP) is 1.09. The van der Waals surface area contributed by atoms with Crippen molar-refractivity contribution in [3.8, 4) is 0 Å². The van der Waals surface area contributed by atoms with Crippen molar-refractivity contribution >= 4 is 29.0 Å². The number of hydrogen-bond acceptors (Lipinski definition) is 8. The van der Waals surface area contributed by atoms with Crippen molar-refractivity contribution < 1.29 is 19.5 Å². The number of allylic oxidation sites excluding steroid dienone is 3. The Morgan fingerprint density at radius 1 is 1.46 bits per heavy atom. The Labute approximate surface area is 143 Å². The molecule has 3 heterocycles. The molecule has 0 aliphatic carbocycles. The molecule has 8 heteroatoms. The average Bonchev–Trinajstić information content (AvgIpc) is 3.20. The van der Waals surface area contributed by atoms with E-state index < -0.39 is 11.9 Å². The summed E-state index contributed by atoms with van der Waals surface area (Å²) in [7, 11) is 2.07. The van der Waals surface area contributed by atoms with Crippen molar-refractivity contribution in [3.05, 3.63) is 39.5 Å². The van der Waals surface area contributed by atoms with Crippen LogP contribution in [0.5, 0.6) is 0 Å². The molecule has 0 radical (unpaired) electrons. The Morgan fingerprint density at radius 2 is 2.17 bits per heavy atom. The standard InChI is InChI=1S/C14H15N3O2S.C2H4O2/c1-9(8-10-4-3-6-17(10)2)11-12(16-19-14(11)18)13-15-5-7-20-13;1-2(3)4/h5,7-8H,3-4,6H2,1-2H3;1H3,(H,3,4)/p-1/b10-8+,11-9?;. The van der Waals surface area contributed by atoms with E-state index in [1.54, 1.807) is 6.20 Å². The monoisotopic (exact) mass is 348 g/mol. The molecule has 1 fully saturated rings. The van der Waals surface area contributed by atoms with Gasteiger partial charge < -0.3 is 19.6 Å². The van der Waals surface area contributed by atoms with Crippen LogP contribution in [0.2, 0.25) is 0 Å². The zero-order chi connectivity index (χ0) is 17.7. The lowest BCUT2D eigenvalue weighted by Crippen LogP contribution is -2.16. The van der Waals surface area contributed by atoms with Gasteiger partial charge >= 0.3 is 5.97 Å². The number of hydrogen-bond donors (Lipinski definition) is 0. The lowest BCUT2D eigenvalue weighted by Gasteiger charge is -2.12. The summed E-state index contributed by atoms with van der Waals surface area (Å²) in [6.45, 7) is 3.95. The Kier molecular flexibility index (Phi) is 5.86. The van der Waals surface area contributed by atoms with E-state index in [0.717, 1.165) is 31.9 Å². The van der Waals surface area contributed by atoms with Crippen molar-refractivity contribution in [1.29, 1.82) is 0 Å². The molecule has 1 aromatic heterocycles. The number of nitrogens with zero attached hydrogens (tertiary/aromatic N) is 3. The summed E-state index contributed by atoms with van der Waals surface area (Å²) >= 11 is 1.45. The van der Waals surface area contributed by atoms with Crippen molar-refractivity contribution in [2.75, 3.05) is 13.6 Å². The van der Waals surface area contributed by atoms with Crippen LogP contribution < -0.4 is 5.11 Å². The van der Waals surface area contributed by atoms with E-state index in [9.17, 15) is 4.79 Å². The van der Waals surface area contributed by atoms with Gasteiger partial charge in [-0.25, -0.2) is 9.78 Å². The summed E-state index contributed by atoms with van der Waals surface area (Å²) in [6.07, 6.45) is 5.95. The molecule has 0 amide bonds. The molecule has 0 spiro atoms. The number of rotatable bonds is 2. The van der Waals surface area contributed by atoms with E-state index in [1.807, 2.05) is 12.3 Å². The Bertz CT molecular complexity index is 716. The van der Waals surface area contributed by atoms with E-state index >= 15 is 0 Å². The van der Waals surface area contributed by atoms with Gasteiger partial charge in [-0.05, 0) is 38.3 Å². The highest BCUT2D eigenvalue weighted by atomic mass is 32.1. The molecule has 1 aromatic rings. The van der Waals surface area contributed by atoms with Gasteiger partial charge in [-0.1, -0.05) is 5.16 Å². The molecule has 0 atom stereocenters. The van der Waals surface area contributed by atoms with Gasteiger partial charge in [-0.2, -0.15) is 0 Å². The fourth-order valence-corrected chi connectivity index (χ4v) is 3.07. The van der Waals surface area contributed by atoms with E-state index in [4.69, 9.17) is 14.7 Å². The smallest absolute Gasteiger partial charge is 0.368 e. The van der Waals surface area contributed by atoms with Crippen LogP contribution in [0.1, 0.15) is 31.7 Å². The molecule has 1 saturated heterocycles. The third-order valence-electron chi connectivity index (χ3n) is 3.49. The highest BCUT2D eigenvalue weighted by Crippen LogP contribution is 2.26. The first-order valence-electron chi connectivity index (χ1n) is 7.40. The number of carboxylic acids is 1. The van der Waals surface area contributed by atoms with Crippen molar-refractivity contribution in [2.45, 2.75) is 26.7 Å². The second-order valence-corrected chi connectivity index (χ2v) is 6.26. The Morgan fingerprint density at radius 3 is 2.71 bits per heavy atom. The maximum atomic E-state index is 11.9. The molecule has 24 heavy (non-hydrogen) atoms. The molecule has 2 aliphatic rings. The largest absolute Gasteiger partial charge is 0.550 e. The lowest BCUT2D eigenvalue weighted by atomic mass is 10.0. The number of aromatic nitrogens is 1. The second-order valence-electron chi connectivity index (χ2n) is 5.37. The summed E-state index contributed by atoms with van der Waals surface area (Å²) in [6, 6.07) is 0. The topological polar surface area (TPSA) is 94.9 Å². The first-order valence-corrected chi connectivity index (χ1v) is 8.28. The molecule has 0 unspecified atom stereocenters. The van der Waals surface area contributed by atoms with Crippen LogP contribution in [0.4, 0.5) is 0 Å². The van der Waals surface area contributed by atoms with E-state index in [-0.39, 0.29) is 0 Å². The third kappa shape index (κ3) is 4.29. The fraction of sp³-hybridized carbons (Fsp3) is 0.375. The normalized spacial score (nSPS) is 20.5. The van der Waals surface area contributed by atoms with Crippen LogP contribution in [-0.4, -0.2) is 41.1 Å². The zero-order valence-electron chi connectivity index (χ0n) is 13.7. The molecule has 128 valence electrons.